The van der Waals surface area contributed by atoms with Crippen LogP contribution in [0, 0.1) is 0 Å². The van der Waals surface area contributed by atoms with Crippen molar-refractivity contribution in [2.24, 2.45) is 0 Å². The van der Waals surface area contributed by atoms with Crippen LogP contribution in [0.25, 0.3) is 0 Å². The zero-order valence-corrected chi connectivity index (χ0v) is 13.8. The molecule has 0 saturated heterocycles. The Balaban J connectivity index is 2.07. The average molecular weight is 351 g/mol. The highest BCUT2D eigenvalue weighted by Crippen LogP contribution is 2.29. The van der Waals surface area contributed by atoms with Crippen molar-refractivity contribution in [1.82, 2.24) is 0 Å². The van der Waals surface area contributed by atoms with Crippen LogP contribution in [-0.4, -0.2) is 34.9 Å². The fourth-order valence-electron chi connectivity index (χ4n) is 2.42. The summed E-state index contributed by atoms with van der Waals surface area (Å²) in [5.41, 5.74) is 0.450. The Hall–Kier alpha value is -2.19. The molecule has 2 aromatic rings. The number of fused-ring (bicyclic) bond motifs is 1. The minimum Gasteiger partial charge on any atom is -0.293 e. The van der Waals surface area contributed by atoms with E-state index >= 15 is 0 Å². The molecular weight excluding hydrogens is 338 g/mol. The summed E-state index contributed by atoms with van der Waals surface area (Å²) in [5.74, 6) is -0.899. The Morgan fingerprint density at radius 1 is 1.00 bits per heavy atom. The largest absolute Gasteiger partial charge is 0.293 e. The lowest BCUT2D eigenvalue weighted by Gasteiger charge is -2.28. The summed E-state index contributed by atoms with van der Waals surface area (Å²) in [7, 11) is -6.98. The number of carbonyl (C=O) groups excluding carboxylic acids is 1. The smallest absolute Gasteiger partial charge is 0.260 e. The van der Waals surface area contributed by atoms with Gasteiger partial charge in [-0.3, -0.25) is 9.69 Å². The van der Waals surface area contributed by atoms with E-state index in [1.54, 1.807) is 12.1 Å². The molecule has 0 aliphatic carbocycles. The fraction of sp³-hybridized carbons (Fsp3) is 0.133. The first kappa shape index (κ1) is 15.7. The molecule has 0 aromatic heterocycles. The Morgan fingerprint density at radius 2 is 1.61 bits per heavy atom. The molecule has 3 rings (SSSR count). The van der Waals surface area contributed by atoms with Gasteiger partial charge in [0.05, 0.1) is 15.4 Å². The number of carbonyl (C=O) groups is 1. The number of nitrogens with zero attached hydrogens (tertiary/aromatic N) is 1. The van der Waals surface area contributed by atoms with Gasteiger partial charge < -0.3 is 0 Å². The standard InChI is InChI=1S/C15H13NO5S2/c1-22(18,19)12-8-6-11(7-9-12)16-10-23(20,21)14-5-3-2-4-13(14)15(16)17/h2-9H,10H2,1H3. The van der Waals surface area contributed by atoms with E-state index in [0.29, 0.717) is 5.69 Å². The van der Waals surface area contributed by atoms with Crippen LogP contribution in [0.2, 0.25) is 0 Å². The van der Waals surface area contributed by atoms with Crippen molar-refractivity contribution in [2.45, 2.75) is 9.79 Å². The van der Waals surface area contributed by atoms with Crippen LogP contribution >= 0.6 is 0 Å². The Morgan fingerprint density at radius 3 is 2.22 bits per heavy atom. The normalized spacial score (nSPS) is 16.9. The predicted molar refractivity (Wildman–Crippen MR) is 84.9 cm³/mol. The van der Waals surface area contributed by atoms with Crippen molar-refractivity contribution in [2.75, 3.05) is 17.0 Å². The molecule has 0 N–H and O–H groups in total. The summed E-state index contributed by atoms with van der Waals surface area (Å²) in [6.07, 6.45) is 1.08. The zero-order valence-electron chi connectivity index (χ0n) is 12.1. The zero-order chi connectivity index (χ0) is 16.8. The molecule has 0 bridgehead atoms. The molecule has 23 heavy (non-hydrogen) atoms. The van der Waals surface area contributed by atoms with Gasteiger partial charge in [-0.25, -0.2) is 16.8 Å². The van der Waals surface area contributed by atoms with E-state index < -0.39 is 31.5 Å². The minimum atomic E-state index is -3.62. The van der Waals surface area contributed by atoms with Crippen molar-refractivity contribution < 1.29 is 21.6 Å². The predicted octanol–water partition coefficient (Wildman–Crippen LogP) is 1.48. The maximum Gasteiger partial charge on any atom is 0.260 e. The third-order valence-corrected chi connectivity index (χ3v) is 6.33. The van der Waals surface area contributed by atoms with Gasteiger partial charge in [0.1, 0.15) is 5.88 Å². The third-order valence-electron chi connectivity index (χ3n) is 3.57. The molecule has 0 fully saturated rings. The first-order valence-corrected chi connectivity index (χ1v) is 10.2. The van der Waals surface area contributed by atoms with Gasteiger partial charge in [-0.05, 0) is 36.4 Å². The lowest BCUT2D eigenvalue weighted by molar-refractivity contribution is 0.0985. The van der Waals surface area contributed by atoms with Gasteiger partial charge in [0.15, 0.2) is 19.7 Å². The number of rotatable bonds is 2. The number of anilines is 1. The molecule has 1 aliphatic heterocycles. The summed E-state index contributed by atoms with van der Waals surface area (Å²) in [6.45, 7) is 0. The maximum absolute atomic E-state index is 12.5. The molecule has 0 spiro atoms. The number of amides is 1. The van der Waals surface area contributed by atoms with E-state index in [9.17, 15) is 21.6 Å². The van der Waals surface area contributed by atoms with Gasteiger partial charge >= 0.3 is 0 Å². The van der Waals surface area contributed by atoms with Gasteiger partial charge in [-0.1, -0.05) is 12.1 Å². The summed E-state index contributed by atoms with van der Waals surface area (Å²) in [4.78, 5) is 13.8. The van der Waals surface area contributed by atoms with Crippen molar-refractivity contribution in [3.63, 3.8) is 0 Å². The molecule has 2 aromatic carbocycles. The maximum atomic E-state index is 12.5. The van der Waals surface area contributed by atoms with Crippen LogP contribution in [0.5, 0.6) is 0 Å². The molecule has 8 heteroatoms. The lowest BCUT2D eigenvalue weighted by Crippen LogP contribution is -2.41. The molecule has 0 unspecified atom stereocenters. The third kappa shape index (κ3) is 2.75. The van der Waals surface area contributed by atoms with Crippen molar-refractivity contribution in [3.05, 3.63) is 54.1 Å². The Kier molecular flexibility index (Phi) is 3.53. The highest BCUT2D eigenvalue weighted by Gasteiger charge is 2.35. The summed E-state index contributed by atoms with van der Waals surface area (Å²) < 4.78 is 47.6. The van der Waals surface area contributed by atoms with Crippen LogP contribution in [0.3, 0.4) is 0 Å². The fourth-order valence-corrected chi connectivity index (χ4v) is 4.58. The highest BCUT2D eigenvalue weighted by molar-refractivity contribution is 7.91. The summed E-state index contributed by atoms with van der Waals surface area (Å²) >= 11 is 0. The van der Waals surface area contributed by atoms with Gasteiger partial charge in [0, 0.05) is 11.9 Å². The van der Waals surface area contributed by atoms with Crippen molar-refractivity contribution >= 4 is 31.3 Å². The van der Waals surface area contributed by atoms with Crippen LogP contribution in [0.1, 0.15) is 10.4 Å². The second kappa shape index (κ2) is 5.17. The van der Waals surface area contributed by atoms with Crippen LogP contribution in [-0.2, 0) is 19.7 Å². The van der Waals surface area contributed by atoms with Crippen LogP contribution in [0.4, 0.5) is 5.69 Å². The van der Waals surface area contributed by atoms with E-state index in [4.69, 9.17) is 0 Å². The van der Waals surface area contributed by atoms with E-state index in [-0.39, 0.29) is 15.4 Å². The average Bonchev–Trinajstić information content (AvgIpc) is 2.50. The van der Waals surface area contributed by atoms with Crippen LogP contribution < -0.4 is 4.90 Å². The van der Waals surface area contributed by atoms with E-state index in [1.165, 1.54) is 36.4 Å². The molecular formula is C15H13NO5S2. The number of hydrogen-bond acceptors (Lipinski definition) is 5. The molecule has 1 heterocycles. The van der Waals surface area contributed by atoms with Gasteiger partial charge in [0.2, 0.25) is 0 Å². The number of sulfone groups is 2. The monoisotopic (exact) mass is 351 g/mol. The molecule has 0 radical (unpaired) electrons. The van der Waals surface area contributed by atoms with E-state index in [2.05, 4.69) is 0 Å². The van der Waals surface area contributed by atoms with Gasteiger partial charge in [0.25, 0.3) is 5.91 Å². The summed E-state index contributed by atoms with van der Waals surface area (Å²) in [6, 6.07) is 11.6. The number of benzene rings is 2. The molecule has 6 nitrogen and oxygen atoms in total. The SMILES string of the molecule is CS(=O)(=O)c1ccc(N2CS(=O)(=O)c3ccccc3C2=O)cc1. The molecule has 1 amide bonds. The minimum absolute atomic E-state index is 0.0222. The first-order valence-electron chi connectivity index (χ1n) is 6.64. The molecule has 0 atom stereocenters. The first-order chi connectivity index (χ1) is 10.7. The van der Waals surface area contributed by atoms with Gasteiger partial charge in [-0.15, -0.1) is 0 Å². The Bertz CT molecular complexity index is 992. The molecule has 0 saturated carbocycles. The van der Waals surface area contributed by atoms with Gasteiger partial charge in [-0.2, -0.15) is 0 Å². The van der Waals surface area contributed by atoms with Crippen molar-refractivity contribution in [1.29, 1.82) is 0 Å². The van der Waals surface area contributed by atoms with Crippen molar-refractivity contribution in [3.8, 4) is 0 Å². The quantitative estimate of drug-likeness (QED) is 0.818. The lowest BCUT2D eigenvalue weighted by atomic mass is 10.2. The summed E-state index contributed by atoms with van der Waals surface area (Å²) in [5, 5.41) is 0. The Labute approximate surface area is 134 Å². The molecule has 120 valence electrons. The van der Waals surface area contributed by atoms with E-state index in [1.807, 2.05) is 0 Å². The second-order valence-electron chi connectivity index (χ2n) is 5.24. The second-order valence-corrected chi connectivity index (χ2v) is 9.18. The topological polar surface area (TPSA) is 88.6 Å². The molecule has 1 aliphatic rings. The van der Waals surface area contributed by atoms with E-state index in [0.717, 1.165) is 11.2 Å². The number of hydrogen-bond donors (Lipinski definition) is 0. The highest BCUT2D eigenvalue weighted by atomic mass is 32.2. The van der Waals surface area contributed by atoms with Crippen LogP contribution in [0.15, 0.2) is 58.3 Å².